The molecular formula is C24H21FN2O3S. The number of aryl methyl sites for hydroxylation is 2. The number of sulfone groups is 1. The Bertz CT molecular complexity index is 1390. The maximum absolute atomic E-state index is 13.3. The lowest BCUT2D eigenvalue weighted by Crippen LogP contribution is -2.19. The molecule has 4 rings (SSSR count). The van der Waals surface area contributed by atoms with Gasteiger partial charge in [-0.15, -0.1) is 0 Å². The molecule has 0 aliphatic heterocycles. The third-order valence-corrected chi connectivity index (χ3v) is 6.94. The second-order valence-electron chi connectivity index (χ2n) is 7.46. The number of rotatable bonds is 5. The first kappa shape index (κ1) is 20.8. The zero-order chi connectivity index (χ0) is 22.2. The smallest absolute Gasteiger partial charge is 0.244 e. The summed E-state index contributed by atoms with van der Waals surface area (Å²) in [6, 6.07) is 17.5. The number of benzene rings is 3. The summed E-state index contributed by atoms with van der Waals surface area (Å²) in [4.78, 5) is 12.8. The van der Waals surface area contributed by atoms with Crippen molar-refractivity contribution in [3.63, 3.8) is 0 Å². The van der Waals surface area contributed by atoms with Crippen LogP contribution in [0.3, 0.4) is 0 Å². The van der Waals surface area contributed by atoms with E-state index in [0.717, 1.165) is 28.9 Å². The average Bonchev–Trinajstić information content (AvgIpc) is 3.10. The van der Waals surface area contributed by atoms with Gasteiger partial charge in [-0.1, -0.05) is 30.3 Å². The van der Waals surface area contributed by atoms with Gasteiger partial charge in [-0.05, 0) is 61.4 Å². The van der Waals surface area contributed by atoms with E-state index in [0.29, 0.717) is 10.9 Å². The lowest BCUT2D eigenvalue weighted by molar-refractivity contribution is -0.116. The number of nitrogens with one attached hydrogen (secondary N) is 1. The minimum Gasteiger partial charge on any atom is -0.337 e. The molecule has 0 bridgehead atoms. The number of hydrogen-bond acceptors (Lipinski definition) is 3. The lowest BCUT2D eigenvalue weighted by atomic mass is 10.1. The van der Waals surface area contributed by atoms with E-state index in [1.165, 1.54) is 18.3 Å². The van der Waals surface area contributed by atoms with Crippen LogP contribution in [0.1, 0.15) is 11.1 Å². The number of anilines is 1. The third kappa shape index (κ3) is 4.09. The van der Waals surface area contributed by atoms with Gasteiger partial charge < -0.3 is 9.88 Å². The Balaban J connectivity index is 1.71. The molecule has 0 unspecified atom stereocenters. The Hall–Kier alpha value is -3.45. The SMILES string of the molecule is Cc1ccc(C)c(NC(=O)Cn2cc(S(=O)(=O)c3ccc(F)cc3)c3ccccc32)c1. The van der Waals surface area contributed by atoms with Crippen LogP contribution in [-0.4, -0.2) is 18.9 Å². The first-order chi connectivity index (χ1) is 14.8. The van der Waals surface area contributed by atoms with Gasteiger partial charge in [0.05, 0.1) is 9.79 Å². The predicted molar refractivity (Wildman–Crippen MR) is 118 cm³/mol. The molecule has 0 fully saturated rings. The Morgan fingerprint density at radius 1 is 1.00 bits per heavy atom. The Morgan fingerprint density at radius 2 is 1.71 bits per heavy atom. The zero-order valence-corrected chi connectivity index (χ0v) is 17.9. The van der Waals surface area contributed by atoms with Crippen molar-refractivity contribution in [3.8, 4) is 0 Å². The fraction of sp³-hybridized carbons (Fsp3) is 0.125. The molecule has 1 aromatic heterocycles. The van der Waals surface area contributed by atoms with Crippen LogP contribution in [0.15, 0.2) is 82.7 Å². The van der Waals surface area contributed by atoms with Crippen LogP contribution in [0, 0.1) is 19.7 Å². The van der Waals surface area contributed by atoms with Gasteiger partial charge in [0.15, 0.2) is 0 Å². The minimum atomic E-state index is -3.89. The fourth-order valence-electron chi connectivity index (χ4n) is 3.51. The van der Waals surface area contributed by atoms with Gasteiger partial charge in [-0.25, -0.2) is 12.8 Å². The molecule has 0 radical (unpaired) electrons. The topological polar surface area (TPSA) is 68.2 Å². The minimum absolute atomic E-state index is 0.00311. The summed E-state index contributed by atoms with van der Waals surface area (Å²) >= 11 is 0. The Labute approximate surface area is 180 Å². The molecule has 1 heterocycles. The second kappa shape index (κ2) is 8.00. The van der Waals surface area contributed by atoms with Crippen molar-refractivity contribution < 1.29 is 17.6 Å². The average molecular weight is 437 g/mol. The quantitative estimate of drug-likeness (QED) is 0.454. The maximum atomic E-state index is 13.3. The fourth-order valence-corrected chi connectivity index (χ4v) is 4.99. The van der Waals surface area contributed by atoms with Crippen LogP contribution in [0.4, 0.5) is 10.1 Å². The largest absolute Gasteiger partial charge is 0.337 e. The molecule has 4 aromatic rings. The molecule has 1 amide bonds. The van der Waals surface area contributed by atoms with E-state index in [2.05, 4.69) is 5.32 Å². The normalized spacial score (nSPS) is 11.6. The summed E-state index contributed by atoms with van der Waals surface area (Å²) in [7, 11) is -3.89. The molecule has 3 aromatic carbocycles. The van der Waals surface area contributed by atoms with Gasteiger partial charge in [0.25, 0.3) is 0 Å². The van der Waals surface area contributed by atoms with E-state index < -0.39 is 15.7 Å². The zero-order valence-electron chi connectivity index (χ0n) is 17.1. The van der Waals surface area contributed by atoms with Crippen molar-refractivity contribution in [1.29, 1.82) is 0 Å². The van der Waals surface area contributed by atoms with Crippen molar-refractivity contribution in [1.82, 2.24) is 4.57 Å². The number of nitrogens with zero attached hydrogens (tertiary/aromatic N) is 1. The van der Waals surface area contributed by atoms with Gasteiger partial charge in [0.2, 0.25) is 15.7 Å². The summed E-state index contributed by atoms with van der Waals surface area (Å²) in [5, 5.41) is 3.41. The van der Waals surface area contributed by atoms with Gasteiger partial charge in [-0.2, -0.15) is 0 Å². The van der Waals surface area contributed by atoms with E-state index in [9.17, 15) is 17.6 Å². The van der Waals surface area contributed by atoms with Crippen LogP contribution in [0.5, 0.6) is 0 Å². The molecule has 31 heavy (non-hydrogen) atoms. The van der Waals surface area contributed by atoms with Gasteiger partial charge in [0.1, 0.15) is 12.4 Å². The summed E-state index contributed by atoms with van der Waals surface area (Å²) in [6.07, 6.45) is 1.46. The van der Waals surface area contributed by atoms with Gasteiger partial charge in [0, 0.05) is 22.8 Å². The Kier molecular flexibility index (Phi) is 5.37. The van der Waals surface area contributed by atoms with Crippen LogP contribution >= 0.6 is 0 Å². The molecular weight excluding hydrogens is 415 g/mol. The van der Waals surface area contributed by atoms with E-state index >= 15 is 0 Å². The number of hydrogen-bond donors (Lipinski definition) is 1. The standard InChI is InChI=1S/C24H21FN2O3S/c1-16-7-8-17(2)21(13-16)26-24(28)15-27-14-23(20-5-3-4-6-22(20)27)31(29,30)19-11-9-18(25)10-12-19/h3-14H,15H2,1-2H3,(H,26,28). The van der Waals surface area contributed by atoms with E-state index in [4.69, 9.17) is 0 Å². The van der Waals surface area contributed by atoms with Crippen LogP contribution in [-0.2, 0) is 21.2 Å². The van der Waals surface area contributed by atoms with E-state index in [1.807, 2.05) is 32.0 Å². The molecule has 0 aliphatic rings. The van der Waals surface area contributed by atoms with Crippen molar-refractivity contribution in [3.05, 3.63) is 89.9 Å². The first-order valence-electron chi connectivity index (χ1n) is 9.71. The molecule has 0 saturated carbocycles. The summed E-state index contributed by atoms with van der Waals surface area (Å²) in [5.74, 6) is -0.773. The van der Waals surface area contributed by atoms with Crippen LogP contribution in [0.25, 0.3) is 10.9 Å². The molecule has 7 heteroatoms. The molecule has 158 valence electrons. The van der Waals surface area contributed by atoms with E-state index in [-0.39, 0.29) is 22.2 Å². The third-order valence-electron chi connectivity index (χ3n) is 5.15. The van der Waals surface area contributed by atoms with Crippen LogP contribution < -0.4 is 5.32 Å². The molecule has 1 N–H and O–H groups in total. The number of amides is 1. The molecule has 0 aliphatic carbocycles. The highest BCUT2D eigenvalue weighted by atomic mass is 32.2. The monoisotopic (exact) mass is 436 g/mol. The van der Waals surface area contributed by atoms with Crippen molar-refractivity contribution >= 4 is 32.3 Å². The number of carbonyl (C=O) groups excluding carboxylic acids is 1. The highest BCUT2D eigenvalue weighted by molar-refractivity contribution is 7.91. The van der Waals surface area contributed by atoms with E-state index in [1.54, 1.807) is 28.8 Å². The van der Waals surface area contributed by atoms with Gasteiger partial charge in [-0.3, -0.25) is 4.79 Å². The number of fused-ring (bicyclic) bond motifs is 1. The predicted octanol–water partition coefficient (Wildman–Crippen LogP) is 4.87. The lowest BCUT2D eigenvalue weighted by Gasteiger charge is -2.10. The Morgan fingerprint density at radius 3 is 2.45 bits per heavy atom. The number of para-hydroxylation sites is 1. The molecule has 0 saturated heterocycles. The molecule has 5 nitrogen and oxygen atoms in total. The number of carbonyl (C=O) groups is 1. The van der Waals surface area contributed by atoms with Crippen molar-refractivity contribution in [2.24, 2.45) is 0 Å². The second-order valence-corrected chi connectivity index (χ2v) is 9.38. The van der Waals surface area contributed by atoms with Crippen LogP contribution in [0.2, 0.25) is 0 Å². The van der Waals surface area contributed by atoms with Gasteiger partial charge >= 0.3 is 0 Å². The molecule has 0 spiro atoms. The highest BCUT2D eigenvalue weighted by Gasteiger charge is 2.24. The summed E-state index contributed by atoms with van der Waals surface area (Å²) in [6.45, 7) is 3.81. The summed E-state index contributed by atoms with van der Waals surface area (Å²) in [5.41, 5.74) is 3.32. The van der Waals surface area contributed by atoms with Crippen molar-refractivity contribution in [2.75, 3.05) is 5.32 Å². The first-order valence-corrected chi connectivity index (χ1v) is 11.2. The molecule has 0 atom stereocenters. The van der Waals surface area contributed by atoms with Crippen molar-refractivity contribution in [2.45, 2.75) is 30.2 Å². The summed E-state index contributed by atoms with van der Waals surface area (Å²) < 4.78 is 41.3. The number of aromatic nitrogens is 1. The number of halogens is 1. The maximum Gasteiger partial charge on any atom is 0.244 e. The highest BCUT2D eigenvalue weighted by Crippen LogP contribution is 2.30.